The van der Waals surface area contributed by atoms with Gasteiger partial charge in [0.2, 0.25) is 0 Å². The van der Waals surface area contributed by atoms with E-state index in [0.29, 0.717) is 0 Å². The van der Waals surface area contributed by atoms with E-state index in [0.717, 1.165) is 19.3 Å². The molecule has 0 aromatic rings. The van der Waals surface area contributed by atoms with Crippen molar-refractivity contribution in [1.82, 2.24) is 4.90 Å². The molecule has 0 radical (unpaired) electrons. The average molecular weight is 192 g/mol. The Morgan fingerprint density at radius 1 is 1.00 bits per heavy atom. The highest BCUT2D eigenvalue weighted by Gasteiger charge is 2.23. The van der Waals surface area contributed by atoms with Crippen LogP contribution in [0.3, 0.4) is 0 Å². The van der Waals surface area contributed by atoms with Gasteiger partial charge in [0.05, 0.1) is 13.2 Å². The highest BCUT2D eigenvalue weighted by atomic mass is 35.5. The van der Waals surface area contributed by atoms with Gasteiger partial charge < -0.3 is 4.74 Å². The van der Waals surface area contributed by atoms with E-state index >= 15 is 0 Å². The molecule has 0 bridgehead atoms. The third-order valence-corrected chi connectivity index (χ3v) is 2.89. The smallest absolute Gasteiger partial charge is 0.0594 e. The Bertz CT molecular complexity index is 120. The minimum absolute atomic E-state index is 0. The lowest BCUT2D eigenvalue weighted by molar-refractivity contribution is 0.0180. The molecule has 3 heteroatoms. The van der Waals surface area contributed by atoms with Crippen molar-refractivity contribution in [3.05, 3.63) is 0 Å². The van der Waals surface area contributed by atoms with E-state index in [1.54, 1.807) is 0 Å². The van der Waals surface area contributed by atoms with Crippen LogP contribution in [0.15, 0.2) is 0 Å². The molecule has 0 unspecified atom stereocenters. The maximum atomic E-state index is 5.32. The second kappa shape index (κ2) is 5.05. The van der Waals surface area contributed by atoms with Gasteiger partial charge in [0.15, 0.2) is 0 Å². The number of hydrogen-bond acceptors (Lipinski definition) is 2. The van der Waals surface area contributed by atoms with E-state index in [4.69, 9.17) is 4.74 Å². The molecule has 0 aromatic carbocycles. The fraction of sp³-hybridized carbons (Fsp3) is 1.00. The molecule has 72 valence electrons. The number of morpholine rings is 1. The van der Waals surface area contributed by atoms with Gasteiger partial charge in [-0.15, -0.1) is 12.4 Å². The number of nitrogens with zero attached hydrogens (tertiary/aromatic N) is 1. The van der Waals surface area contributed by atoms with Gasteiger partial charge in [-0.3, -0.25) is 4.90 Å². The van der Waals surface area contributed by atoms with Gasteiger partial charge in [0, 0.05) is 19.1 Å². The molecule has 1 aliphatic carbocycles. The second-order valence-electron chi connectivity index (χ2n) is 3.59. The fourth-order valence-corrected chi connectivity index (χ4v) is 2.21. The summed E-state index contributed by atoms with van der Waals surface area (Å²) in [6, 6.07) is 0.902. The van der Waals surface area contributed by atoms with Crippen LogP contribution in [0.25, 0.3) is 0 Å². The normalized spacial score (nSPS) is 27.0. The van der Waals surface area contributed by atoms with Crippen LogP contribution in [0.4, 0.5) is 0 Å². The van der Waals surface area contributed by atoms with Crippen molar-refractivity contribution in [3.63, 3.8) is 0 Å². The molecule has 1 aliphatic heterocycles. The summed E-state index contributed by atoms with van der Waals surface area (Å²) in [7, 11) is 0. The lowest BCUT2D eigenvalue weighted by Gasteiger charge is -2.31. The second-order valence-corrected chi connectivity index (χ2v) is 3.59. The molecule has 0 N–H and O–H groups in total. The Morgan fingerprint density at radius 3 is 2.17 bits per heavy atom. The molecule has 2 rings (SSSR count). The van der Waals surface area contributed by atoms with E-state index < -0.39 is 0 Å². The van der Waals surface area contributed by atoms with E-state index in [2.05, 4.69) is 4.90 Å². The third kappa shape index (κ3) is 2.35. The van der Waals surface area contributed by atoms with Crippen molar-refractivity contribution in [2.75, 3.05) is 26.3 Å². The molecule has 2 fully saturated rings. The van der Waals surface area contributed by atoms with E-state index in [1.807, 2.05) is 0 Å². The summed E-state index contributed by atoms with van der Waals surface area (Å²) in [5.41, 5.74) is 0. The van der Waals surface area contributed by atoms with Crippen molar-refractivity contribution < 1.29 is 4.74 Å². The van der Waals surface area contributed by atoms with Crippen LogP contribution >= 0.6 is 12.4 Å². The number of rotatable bonds is 1. The van der Waals surface area contributed by atoms with Crippen molar-refractivity contribution in [1.29, 1.82) is 0 Å². The highest BCUT2D eigenvalue weighted by Crippen LogP contribution is 2.23. The first-order valence-electron chi connectivity index (χ1n) is 4.78. The first kappa shape index (κ1) is 10.3. The molecule has 0 spiro atoms. The molecule has 2 nitrogen and oxygen atoms in total. The Balaban J connectivity index is 0.000000720. The Labute approximate surface area is 80.7 Å². The molecule has 1 heterocycles. The van der Waals surface area contributed by atoms with Crippen molar-refractivity contribution in [2.24, 2.45) is 0 Å². The molecule has 0 amide bonds. The summed E-state index contributed by atoms with van der Waals surface area (Å²) < 4.78 is 5.32. The van der Waals surface area contributed by atoms with Crippen LogP contribution in [0.5, 0.6) is 0 Å². The molecule has 1 saturated heterocycles. The molecule has 1 saturated carbocycles. The third-order valence-electron chi connectivity index (χ3n) is 2.89. The van der Waals surface area contributed by atoms with Crippen molar-refractivity contribution in [3.8, 4) is 0 Å². The lowest BCUT2D eigenvalue weighted by Crippen LogP contribution is -2.42. The lowest BCUT2D eigenvalue weighted by atomic mass is 10.2. The molecular weight excluding hydrogens is 174 g/mol. The van der Waals surface area contributed by atoms with Crippen LogP contribution in [0, 0.1) is 0 Å². The topological polar surface area (TPSA) is 12.5 Å². The summed E-state index contributed by atoms with van der Waals surface area (Å²) in [5.74, 6) is 0. The van der Waals surface area contributed by atoms with E-state index in [9.17, 15) is 0 Å². The average Bonchev–Trinajstić information content (AvgIpc) is 2.58. The minimum atomic E-state index is 0. The van der Waals surface area contributed by atoms with Crippen LogP contribution in [0.1, 0.15) is 25.7 Å². The summed E-state index contributed by atoms with van der Waals surface area (Å²) in [5, 5.41) is 0. The molecular formula is C9H18ClNO. The highest BCUT2D eigenvalue weighted by molar-refractivity contribution is 5.85. The minimum Gasteiger partial charge on any atom is -0.379 e. The van der Waals surface area contributed by atoms with Gasteiger partial charge in [-0.05, 0) is 12.8 Å². The number of hydrogen-bond donors (Lipinski definition) is 0. The Morgan fingerprint density at radius 2 is 1.58 bits per heavy atom. The zero-order chi connectivity index (χ0) is 7.52. The monoisotopic (exact) mass is 191 g/mol. The zero-order valence-electron chi connectivity index (χ0n) is 7.50. The van der Waals surface area contributed by atoms with Gasteiger partial charge in [-0.25, -0.2) is 0 Å². The van der Waals surface area contributed by atoms with Gasteiger partial charge in [0.1, 0.15) is 0 Å². The van der Waals surface area contributed by atoms with Crippen LogP contribution in [0.2, 0.25) is 0 Å². The fourth-order valence-electron chi connectivity index (χ4n) is 2.21. The molecule has 2 aliphatic rings. The van der Waals surface area contributed by atoms with Crippen molar-refractivity contribution >= 4 is 12.4 Å². The van der Waals surface area contributed by atoms with E-state index in [-0.39, 0.29) is 12.4 Å². The SMILES string of the molecule is C1CCC(N2CCOCC2)C1.Cl. The van der Waals surface area contributed by atoms with E-state index in [1.165, 1.54) is 38.8 Å². The first-order chi connectivity index (χ1) is 5.47. The maximum absolute atomic E-state index is 5.32. The number of halogens is 1. The molecule has 0 atom stereocenters. The predicted molar refractivity (Wildman–Crippen MR) is 51.9 cm³/mol. The van der Waals surface area contributed by atoms with Gasteiger partial charge in [0.25, 0.3) is 0 Å². The molecule has 12 heavy (non-hydrogen) atoms. The van der Waals surface area contributed by atoms with Crippen LogP contribution < -0.4 is 0 Å². The van der Waals surface area contributed by atoms with Crippen LogP contribution in [-0.4, -0.2) is 37.2 Å². The maximum Gasteiger partial charge on any atom is 0.0594 e. The summed E-state index contributed by atoms with van der Waals surface area (Å²) in [4.78, 5) is 2.61. The quantitative estimate of drug-likeness (QED) is 0.626. The zero-order valence-corrected chi connectivity index (χ0v) is 8.31. The largest absolute Gasteiger partial charge is 0.379 e. The summed E-state index contributed by atoms with van der Waals surface area (Å²) in [6.45, 7) is 4.25. The van der Waals surface area contributed by atoms with Crippen molar-refractivity contribution in [2.45, 2.75) is 31.7 Å². The standard InChI is InChI=1S/C9H17NO.ClH/c1-2-4-9(3-1)10-5-7-11-8-6-10;/h9H,1-8H2;1H. The Hall–Kier alpha value is 0.210. The predicted octanol–water partition coefficient (Wildman–Crippen LogP) is 1.68. The van der Waals surface area contributed by atoms with Gasteiger partial charge >= 0.3 is 0 Å². The van der Waals surface area contributed by atoms with Crippen LogP contribution in [-0.2, 0) is 4.74 Å². The Kier molecular flexibility index (Phi) is 4.33. The molecule has 0 aromatic heterocycles. The summed E-state index contributed by atoms with van der Waals surface area (Å²) in [6.07, 6.45) is 5.75. The number of ether oxygens (including phenoxy) is 1. The summed E-state index contributed by atoms with van der Waals surface area (Å²) >= 11 is 0. The van der Waals surface area contributed by atoms with Gasteiger partial charge in [-0.2, -0.15) is 0 Å². The van der Waals surface area contributed by atoms with Gasteiger partial charge in [-0.1, -0.05) is 12.8 Å². The first-order valence-corrected chi connectivity index (χ1v) is 4.78.